The third kappa shape index (κ3) is 3.42. The Morgan fingerprint density at radius 2 is 2.24 bits per heavy atom. The van der Waals surface area contributed by atoms with E-state index in [2.05, 4.69) is 21.2 Å². The quantitative estimate of drug-likeness (QED) is 0.686. The number of ether oxygens (including phenoxy) is 1. The van der Waals surface area contributed by atoms with Crippen LogP contribution in [0.4, 0.5) is 16.2 Å². The zero-order valence-electron chi connectivity index (χ0n) is 9.32. The van der Waals surface area contributed by atoms with Gasteiger partial charge in [-0.1, -0.05) is 0 Å². The van der Waals surface area contributed by atoms with Crippen molar-refractivity contribution in [2.24, 2.45) is 0 Å². The van der Waals surface area contributed by atoms with E-state index in [-0.39, 0.29) is 12.3 Å². The highest BCUT2D eigenvalue weighted by molar-refractivity contribution is 9.10. The molecule has 0 radical (unpaired) electrons. The fourth-order valence-corrected chi connectivity index (χ4v) is 1.79. The van der Waals surface area contributed by atoms with Gasteiger partial charge < -0.3 is 4.74 Å². The molecule has 0 aliphatic heterocycles. The summed E-state index contributed by atoms with van der Waals surface area (Å²) < 4.78 is 5.25. The van der Waals surface area contributed by atoms with Crippen LogP contribution in [0.2, 0.25) is 0 Å². The smallest absolute Gasteiger partial charge is 0.411 e. The Kier molecular flexibility index (Phi) is 4.45. The molecule has 6 nitrogen and oxygen atoms in total. The van der Waals surface area contributed by atoms with Crippen LogP contribution >= 0.6 is 15.9 Å². The molecule has 0 heterocycles. The van der Waals surface area contributed by atoms with Crippen LogP contribution in [0, 0.1) is 17.0 Å². The summed E-state index contributed by atoms with van der Waals surface area (Å²) in [5.41, 5.74) is 0.761. The predicted octanol–water partition coefficient (Wildman–Crippen LogP) is 3.23. The van der Waals surface area contributed by atoms with Crippen LogP contribution in [-0.4, -0.2) is 17.6 Å². The van der Waals surface area contributed by atoms with E-state index in [0.717, 1.165) is 0 Å². The molecule has 0 aliphatic rings. The van der Waals surface area contributed by atoms with Gasteiger partial charge >= 0.3 is 6.09 Å². The van der Waals surface area contributed by atoms with Crippen LogP contribution in [-0.2, 0) is 4.74 Å². The molecule has 92 valence electrons. The third-order valence-corrected chi connectivity index (χ3v) is 2.65. The number of carbonyl (C=O) groups excluding carboxylic acids is 1. The van der Waals surface area contributed by atoms with Crippen molar-refractivity contribution in [3.63, 3.8) is 0 Å². The van der Waals surface area contributed by atoms with Crippen molar-refractivity contribution in [2.45, 2.75) is 13.8 Å². The minimum atomic E-state index is -0.647. The second kappa shape index (κ2) is 5.62. The van der Waals surface area contributed by atoms with Gasteiger partial charge in [-0.2, -0.15) is 0 Å². The Morgan fingerprint density at radius 3 is 2.76 bits per heavy atom. The van der Waals surface area contributed by atoms with E-state index in [1.165, 1.54) is 6.07 Å². The van der Waals surface area contributed by atoms with Crippen molar-refractivity contribution in [3.05, 3.63) is 32.3 Å². The molecule has 0 bridgehead atoms. The SMILES string of the molecule is CCOC(=O)Nc1cc([N+](=O)[O-])c(C)cc1Br. The first-order valence-electron chi connectivity index (χ1n) is 4.84. The van der Waals surface area contributed by atoms with Crippen molar-refractivity contribution in [1.29, 1.82) is 0 Å². The van der Waals surface area contributed by atoms with Crippen LogP contribution in [0.15, 0.2) is 16.6 Å². The number of benzene rings is 1. The standard InChI is InChI=1S/C10H11BrN2O4/c1-3-17-10(14)12-8-5-9(13(15)16)6(2)4-7(8)11/h4-5H,3H2,1-2H3,(H,12,14). The van der Waals surface area contributed by atoms with Gasteiger partial charge in [0.2, 0.25) is 0 Å². The number of carbonyl (C=O) groups is 1. The highest BCUT2D eigenvalue weighted by Crippen LogP contribution is 2.30. The average Bonchev–Trinajstić information content (AvgIpc) is 2.21. The lowest BCUT2D eigenvalue weighted by Crippen LogP contribution is -2.14. The van der Waals surface area contributed by atoms with Gasteiger partial charge in [0, 0.05) is 16.1 Å². The number of nitrogens with one attached hydrogen (secondary N) is 1. The van der Waals surface area contributed by atoms with Gasteiger partial charge in [-0.25, -0.2) is 4.79 Å². The molecule has 7 heteroatoms. The van der Waals surface area contributed by atoms with Gasteiger partial charge in [0.25, 0.3) is 5.69 Å². The summed E-state index contributed by atoms with van der Waals surface area (Å²) >= 11 is 3.22. The Bertz CT molecular complexity index is 462. The predicted molar refractivity (Wildman–Crippen MR) is 66.2 cm³/mol. The molecular formula is C10H11BrN2O4. The molecule has 0 saturated carbocycles. The molecule has 1 N–H and O–H groups in total. The van der Waals surface area contributed by atoms with Crippen molar-refractivity contribution in [1.82, 2.24) is 0 Å². The molecule has 0 atom stereocenters. The van der Waals surface area contributed by atoms with Gasteiger partial charge in [0.05, 0.1) is 17.2 Å². The fourth-order valence-electron chi connectivity index (χ4n) is 1.23. The van der Waals surface area contributed by atoms with Crippen molar-refractivity contribution in [3.8, 4) is 0 Å². The van der Waals surface area contributed by atoms with Crippen LogP contribution in [0.25, 0.3) is 0 Å². The summed E-state index contributed by atoms with van der Waals surface area (Å²) in [7, 11) is 0. The number of hydrogen-bond acceptors (Lipinski definition) is 4. The summed E-state index contributed by atoms with van der Waals surface area (Å²) in [6.45, 7) is 3.53. The Hall–Kier alpha value is -1.63. The Balaban J connectivity index is 3.03. The number of nitrogens with zero attached hydrogens (tertiary/aromatic N) is 1. The second-order valence-corrected chi connectivity index (χ2v) is 4.08. The highest BCUT2D eigenvalue weighted by Gasteiger charge is 2.15. The van der Waals surface area contributed by atoms with Crippen molar-refractivity contribution in [2.75, 3.05) is 11.9 Å². The summed E-state index contributed by atoms with van der Waals surface area (Å²) in [5, 5.41) is 13.2. The summed E-state index contributed by atoms with van der Waals surface area (Å²) in [6.07, 6.45) is -0.647. The molecule has 1 amide bonds. The molecule has 0 spiro atoms. The van der Waals surface area contributed by atoms with Crippen LogP contribution in [0.5, 0.6) is 0 Å². The number of anilines is 1. The molecule has 1 rings (SSSR count). The van der Waals surface area contributed by atoms with Gasteiger partial charge in [-0.3, -0.25) is 15.4 Å². The number of nitro groups is 1. The molecule has 0 aromatic heterocycles. The summed E-state index contributed by atoms with van der Waals surface area (Å²) in [4.78, 5) is 21.4. The molecule has 0 fully saturated rings. The maximum absolute atomic E-state index is 11.2. The average molecular weight is 303 g/mol. The monoisotopic (exact) mass is 302 g/mol. The third-order valence-electron chi connectivity index (χ3n) is 1.99. The zero-order chi connectivity index (χ0) is 13.0. The first-order valence-corrected chi connectivity index (χ1v) is 5.63. The lowest BCUT2D eigenvalue weighted by atomic mass is 10.2. The number of halogens is 1. The summed E-state index contributed by atoms with van der Waals surface area (Å²) in [6, 6.07) is 2.86. The first-order chi connectivity index (χ1) is 7.95. The zero-order valence-corrected chi connectivity index (χ0v) is 10.9. The van der Waals surface area contributed by atoms with Gasteiger partial charge in [-0.15, -0.1) is 0 Å². The van der Waals surface area contributed by atoms with E-state index in [1.807, 2.05) is 0 Å². The molecule has 0 saturated heterocycles. The van der Waals surface area contributed by atoms with E-state index >= 15 is 0 Å². The molecular weight excluding hydrogens is 292 g/mol. The Labute approximate surface area is 106 Å². The van der Waals surface area contributed by atoms with E-state index in [9.17, 15) is 14.9 Å². The van der Waals surface area contributed by atoms with Gasteiger partial charge in [0.15, 0.2) is 0 Å². The van der Waals surface area contributed by atoms with E-state index in [1.54, 1.807) is 19.9 Å². The van der Waals surface area contributed by atoms with Crippen LogP contribution in [0.1, 0.15) is 12.5 Å². The second-order valence-electron chi connectivity index (χ2n) is 3.22. The number of aryl methyl sites for hydroxylation is 1. The van der Waals surface area contributed by atoms with Crippen LogP contribution < -0.4 is 5.32 Å². The number of rotatable bonds is 3. The van der Waals surface area contributed by atoms with E-state index in [4.69, 9.17) is 4.74 Å². The topological polar surface area (TPSA) is 81.5 Å². The lowest BCUT2D eigenvalue weighted by Gasteiger charge is -2.08. The first kappa shape index (κ1) is 13.4. The summed E-state index contributed by atoms with van der Waals surface area (Å²) in [5.74, 6) is 0. The van der Waals surface area contributed by atoms with Crippen molar-refractivity contribution < 1.29 is 14.5 Å². The van der Waals surface area contributed by atoms with E-state index < -0.39 is 11.0 Å². The maximum Gasteiger partial charge on any atom is 0.411 e. The van der Waals surface area contributed by atoms with Gasteiger partial charge in [-0.05, 0) is 35.8 Å². The Morgan fingerprint density at radius 1 is 1.59 bits per heavy atom. The number of hydrogen-bond donors (Lipinski definition) is 1. The minimum absolute atomic E-state index is 0.0556. The fraction of sp³-hybridized carbons (Fsp3) is 0.300. The minimum Gasteiger partial charge on any atom is -0.450 e. The number of nitro benzene ring substituents is 1. The maximum atomic E-state index is 11.2. The van der Waals surface area contributed by atoms with Crippen molar-refractivity contribution >= 4 is 33.4 Å². The lowest BCUT2D eigenvalue weighted by molar-refractivity contribution is -0.385. The van der Waals surface area contributed by atoms with Gasteiger partial charge in [0.1, 0.15) is 0 Å². The molecule has 0 aliphatic carbocycles. The normalized spacial score (nSPS) is 9.82. The highest BCUT2D eigenvalue weighted by atomic mass is 79.9. The molecule has 0 unspecified atom stereocenters. The largest absolute Gasteiger partial charge is 0.450 e. The van der Waals surface area contributed by atoms with E-state index in [0.29, 0.717) is 15.7 Å². The molecule has 1 aromatic carbocycles. The molecule has 17 heavy (non-hydrogen) atoms. The number of amides is 1. The molecule has 1 aromatic rings. The van der Waals surface area contributed by atoms with Crippen LogP contribution in [0.3, 0.4) is 0 Å².